The van der Waals surface area contributed by atoms with Crippen LogP contribution in [0.4, 0.5) is 0 Å². The summed E-state index contributed by atoms with van der Waals surface area (Å²) in [6.07, 6.45) is 8.85. The molecule has 0 heterocycles. The summed E-state index contributed by atoms with van der Waals surface area (Å²) < 4.78 is 4.84. The number of aromatic hydroxyl groups is 1. The summed E-state index contributed by atoms with van der Waals surface area (Å²) in [7, 11) is 0. The zero-order valence-electron chi connectivity index (χ0n) is 17.1. The zero-order valence-corrected chi connectivity index (χ0v) is 17.1. The molecule has 3 aromatic carbocycles. The van der Waals surface area contributed by atoms with E-state index in [1.807, 2.05) is 24.3 Å². The van der Waals surface area contributed by atoms with Crippen molar-refractivity contribution >= 4 is 24.2 Å². The fourth-order valence-electron chi connectivity index (χ4n) is 2.69. The normalized spacial score (nSPS) is 10.4. The van der Waals surface area contributed by atoms with Crippen LogP contribution >= 0.6 is 0 Å². The number of allylic oxidation sites excluding steroid dienone is 1. The number of hydrogen-bond donors (Lipinski definition) is 1. The highest BCUT2D eigenvalue weighted by Gasteiger charge is 2.00. The standard InChI is InChI=1S/C10H10O2.C9H8.C8H8O/c1-3-9-4-6-10(7-5-9)12-8(2)11;1-2-5-9-7-3-6-8(9)4-1;1-2-7-5-3-4-6-8(7)9/h3-7H,1H2,2H3;1-6H,7H2;2-6,9H,1H2. The first-order chi connectivity index (χ1) is 14.5. The van der Waals surface area contributed by atoms with E-state index in [1.54, 1.807) is 36.4 Å². The third-order valence-corrected chi connectivity index (χ3v) is 4.22. The molecule has 4 rings (SSSR count). The lowest BCUT2D eigenvalue weighted by atomic mass is 10.1. The molecule has 3 nitrogen and oxygen atoms in total. The van der Waals surface area contributed by atoms with E-state index in [2.05, 4.69) is 49.6 Å². The maximum Gasteiger partial charge on any atom is 0.308 e. The van der Waals surface area contributed by atoms with Crippen LogP contribution in [0.3, 0.4) is 0 Å². The summed E-state index contributed by atoms with van der Waals surface area (Å²) in [5.74, 6) is 0.543. The molecule has 1 N–H and O–H groups in total. The molecule has 1 aliphatic carbocycles. The van der Waals surface area contributed by atoms with Gasteiger partial charge in [0.2, 0.25) is 0 Å². The third-order valence-electron chi connectivity index (χ3n) is 4.22. The molecule has 0 aliphatic heterocycles. The van der Waals surface area contributed by atoms with Gasteiger partial charge in [0.1, 0.15) is 11.5 Å². The van der Waals surface area contributed by atoms with Crippen molar-refractivity contribution in [3.05, 3.63) is 114 Å². The van der Waals surface area contributed by atoms with Gasteiger partial charge < -0.3 is 9.84 Å². The number of rotatable bonds is 3. The van der Waals surface area contributed by atoms with Gasteiger partial charge in [-0.3, -0.25) is 4.79 Å². The van der Waals surface area contributed by atoms with Crippen LogP contribution in [0.5, 0.6) is 11.5 Å². The van der Waals surface area contributed by atoms with Crippen molar-refractivity contribution in [1.82, 2.24) is 0 Å². The second kappa shape index (κ2) is 11.9. The Morgan fingerprint density at radius 1 is 0.933 bits per heavy atom. The van der Waals surface area contributed by atoms with Gasteiger partial charge in [-0.1, -0.05) is 92.1 Å². The van der Waals surface area contributed by atoms with Crippen molar-refractivity contribution in [2.45, 2.75) is 13.3 Å². The number of carbonyl (C=O) groups excluding carboxylic acids is 1. The molecular weight excluding hydrogens is 372 g/mol. The van der Waals surface area contributed by atoms with E-state index < -0.39 is 0 Å². The minimum atomic E-state index is -0.304. The van der Waals surface area contributed by atoms with Crippen LogP contribution in [0.2, 0.25) is 0 Å². The lowest BCUT2D eigenvalue weighted by molar-refractivity contribution is -0.131. The molecule has 0 unspecified atom stereocenters. The first-order valence-electron chi connectivity index (χ1n) is 9.59. The Morgan fingerprint density at radius 2 is 1.60 bits per heavy atom. The highest BCUT2D eigenvalue weighted by Crippen LogP contribution is 2.17. The van der Waals surface area contributed by atoms with Gasteiger partial charge in [0.15, 0.2) is 0 Å². The summed E-state index contributed by atoms with van der Waals surface area (Å²) in [4.78, 5) is 10.5. The Hall–Kier alpha value is -3.85. The second-order valence-electron chi connectivity index (χ2n) is 6.44. The minimum Gasteiger partial charge on any atom is -0.507 e. The molecule has 0 radical (unpaired) electrons. The van der Waals surface area contributed by atoms with Crippen LogP contribution in [0.25, 0.3) is 18.2 Å². The van der Waals surface area contributed by atoms with Gasteiger partial charge in [0.05, 0.1) is 0 Å². The van der Waals surface area contributed by atoms with Crippen LogP contribution in [0.1, 0.15) is 29.2 Å². The van der Waals surface area contributed by atoms with Gasteiger partial charge in [-0.05, 0) is 41.3 Å². The fourth-order valence-corrected chi connectivity index (χ4v) is 2.69. The van der Waals surface area contributed by atoms with Crippen molar-refractivity contribution in [3.8, 4) is 11.5 Å². The molecule has 3 heteroatoms. The molecule has 0 spiro atoms. The SMILES string of the molecule is C1=Cc2ccccc2C1.C=Cc1ccc(OC(C)=O)cc1.C=Cc1ccccc1O. The Balaban J connectivity index is 0.000000162. The average molecular weight is 399 g/mol. The molecule has 3 aromatic rings. The van der Waals surface area contributed by atoms with Crippen molar-refractivity contribution in [2.75, 3.05) is 0 Å². The van der Waals surface area contributed by atoms with Crippen LogP contribution in [0.15, 0.2) is 92.0 Å². The van der Waals surface area contributed by atoms with E-state index in [4.69, 9.17) is 9.84 Å². The van der Waals surface area contributed by atoms with Crippen LogP contribution in [-0.4, -0.2) is 11.1 Å². The second-order valence-corrected chi connectivity index (χ2v) is 6.44. The molecule has 0 aromatic heterocycles. The van der Waals surface area contributed by atoms with Gasteiger partial charge in [0.25, 0.3) is 0 Å². The maximum atomic E-state index is 10.5. The summed E-state index contributed by atoms with van der Waals surface area (Å²) in [6.45, 7) is 8.52. The van der Waals surface area contributed by atoms with E-state index in [9.17, 15) is 4.79 Å². The fraction of sp³-hybridized carbons (Fsp3) is 0.0741. The summed E-state index contributed by atoms with van der Waals surface area (Å²) in [5.41, 5.74) is 4.62. The molecular formula is C27H26O3. The lowest BCUT2D eigenvalue weighted by Crippen LogP contribution is -2.00. The molecule has 0 saturated heterocycles. The number of para-hydroxylation sites is 1. The Kier molecular flexibility index (Phi) is 8.88. The highest BCUT2D eigenvalue weighted by molar-refractivity contribution is 5.69. The first kappa shape index (κ1) is 22.4. The minimum absolute atomic E-state index is 0.285. The Morgan fingerprint density at radius 3 is 2.17 bits per heavy atom. The van der Waals surface area contributed by atoms with Gasteiger partial charge in [0, 0.05) is 12.5 Å². The number of hydrogen-bond acceptors (Lipinski definition) is 3. The Bertz CT molecular complexity index is 1010. The van der Waals surface area contributed by atoms with E-state index in [-0.39, 0.29) is 11.7 Å². The molecule has 0 bridgehead atoms. The smallest absolute Gasteiger partial charge is 0.308 e. The van der Waals surface area contributed by atoms with Gasteiger partial charge >= 0.3 is 5.97 Å². The predicted molar refractivity (Wildman–Crippen MR) is 125 cm³/mol. The molecule has 1 aliphatic rings. The first-order valence-corrected chi connectivity index (χ1v) is 9.59. The molecule has 0 saturated carbocycles. The maximum absolute atomic E-state index is 10.5. The number of carbonyl (C=O) groups is 1. The van der Waals surface area contributed by atoms with Crippen molar-refractivity contribution in [2.24, 2.45) is 0 Å². The monoisotopic (exact) mass is 398 g/mol. The van der Waals surface area contributed by atoms with Gasteiger partial charge in [-0.25, -0.2) is 0 Å². The van der Waals surface area contributed by atoms with Crippen LogP contribution in [-0.2, 0) is 11.2 Å². The molecule has 0 fully saturated rings. The van der Waals surface area contributed by atoms with Crippen LogP contribution < -0.4 is 4.74 Å². The predicted octanol–water partition coefficient (Wildman–Crippen LogP) is 6.55. The largest absolute Gasteiger partial charge is 0.507 e. The summed E-state index contributed by atoms with van der Waals surface area (Å²) in [5, 5.41) is 9.04. The van der Waals surface area contributed by atoms with E-state index in [0.717, 1.165) is 17.5 Å². The van der Waals surface area contributed by atoms with Crippen molar-refractivity contribution in [3.63, 3.8) is 0 Å². The van der Waals surface area contributed by atoms with Crippen molar-refractivity contribution < 1.29 is 14.6 Å². The lowest BCUT2D eigenvalue weighted by Gasteiger charge is -1.99. The topological polar surface area (TPSA) is 46.5 Å². The number of ether oxygens (including phenoxy) is 1. The number of phenolic OH excluding ortho intramolecular Hbond substituents is 1. The Labute approximate surface area is 178 Å². The third kappa shape index (κ3) is 7.28. The number of esters is 1. The molecule has 0 amide bonds. The van der Waals surface area contributed by atoms with E-state index >= 15 is 0 Å². The number of fused-ring (bicyclic) bond motifs is 1. The van der Waals surface area contributed by atoms with E-state index in [0.29, 0.717) is 5.75 Å². The zero-order chi connectivity index (χ0) is 21.8. The average Bonchev–Trinajstić information content (AvgIpc) is 3.24. The quantitative estimate of drug-likeness (QED) is 0.402. The number of phenols is 1. The van der Waals surface area contributed by atoms with Crippen molar-refractivity contribution in [1.29, 1.82) is 0 Å². The van der Waals surface area contributed by atoms with Gasteiger partial charge in [-0.15, -0.1) is 0 Å². The molecule has 30 heavy (non-hydrogen) atoms. The number of benzene rings is 3. The van der Waals surface area contributed by atoms with Crippen LogP contribution in [0, 0.1) is 0 Å². The highest BCUT2D eigenvalue weighted by atomic mass is 16.5. The molecule has 152 valence electrons. The molecule has 0 atom stereocenters. The van der Waals surface area contributed by atoms with E-state index in [1.165, 1.54) is 18.1 Å². The summed E-state index contributed by atoms with van der Waals surface area (Å²) in [6, 6.07) is 22.7. The van der Waals surface area contributed by atoms with Gasteiger partial charge in [-0.2, -0.15) is 0 Å². The summed E-state index contributed by atoms with van der Waals surface area (Å²) >= 11 is 0.